The second-order valence-corrected chi connectivity index (χ2v) is 5.62. The van der Waals surface area contributed by atoms with Crippen LogP contribution in [0.15, 0.2) is 16.1 Å². The van der Waals surface area contributed by atoms with Crippen LogP contribution in [0.25, 0.3) is 0 Å². The van der Waals surface area contributed by atoms with E-state index in [0.717, 1.165) is 18.7 Å². The highest BCUT2D eigenvalue weighted by atomic mass is 32.1. The predicted octanol–water partition coefficient (Wildman–Crippen LogP) is 1.94. The molecule has 0 aliphatic heterocycles. The standard InChI is InChI=1S/C13H19N5O2S/c1-3-4-10-15-12(20-17-10)9-18(2)7-5-11(19)16-13-14-6-8-21-13/h6,8H,3-5,7,9H2,1-2H3,(H,14,16,19). The first-order chi connectivity index (χ1) is 10.2. The van der Waals surface area contributed by atoms with Crippen molar-refractivity contribution >= 4 is 22.4 Å². The maximum Gasteiger partial charge on any atom is 0.240 e. The Morgan fingerprint density at radius 1 is 1.52 bits per heavy atom. The summed E-state index contributed by atoms with van der Waals surface area (Å²) in [4.78, 5) is 22.0. The lowest BCUT2D eigenvalue weighted by Gasteiger charge is -2.13. The van der Waals surface area contributed by atoms with Crippen LogP contribution in [-0.4, -0.2) is 39.5 Å². The summed E-state index contributed by atoms with van der Waals surface area (Å²) in [6.07, 6.45) is 3.87. The lowest BCUT2D eigenvalue weighted by atomic mass is 10.3. The fourth-order valence-corrected chi connectivity index (χ4v) is 2.29. The van der Waals surface area contributed by atoms with Gasteiger partial charge in [0, 0.05) is 31.0 Å². The molecule has 8 heteroatoms. The Morgan fingerprint density at radius 2 is 2.38 bits per heavy atom. The Balaban J connectivity index is 1.71. The molecule has 0 fully saturated rings. The zero-order valence-electron chi connectivity index (χ0n) is 12.2. The van der Waals surface area contributed by atoms with E-state index in [2.05, 4.69) is 27.4 Å². The van der Waals surface area contributed by atoms with Gasteiger partial charge in [-0.25, -0.2) is 4.98 Å². The third-order valence-electron chi connectivity index (χ3n) is 2.79. The normalized spacial score (nSPS) is 11.0. The van der Waals surface area contributed by atoms with Crippen molar-refractivity contribution in [3.8, 4) is 0 Å². The maximum absolute atomic E-state index is 11.7. The second kappa shape index (κ2) is 7.84. The van der Waals surface area contributed by atoms with E-state index in [0.29, 0.717) is 30.5 Å². The van der Waals surface area contributed by atoms with Crippen LogP contribution in [0.5, 0.6) is 0 Å². The highest BCUT2D eigenvalue weighted by Crippen LogP contribution is 2.10. The number of thiazole rings is 1. The topological polar surface area (TPSA) is 84.2 Å². The Morgan fingerprint density at radius 3 is 3.10 bits per heavy atom. The van der Waals surface area contributed by atoms with Gasteiger partial charge in [-0.1, -0.05) is 12.1 Å². The first-order valence-corrected chi connectivity index (χ1v) is 7.74. The first kappa shape index (κ1) is 15.6. The van der Waals surface area contributed by atoms with E-state index in [-0.39, 0.29) is 5.91 Å². The predicted molar refractivity (Wildman–Crippen MR) is 80.0 cm³/mol. The summed E-state index contributed by atoms with van der Waals surface area (Å²) in [5, 5.41) is 9.11. The molecule has 2 rings (SSSR count). The number of carbonyl (C=O) groups is 1. The van der Waals surface area contributed by atoms with Crippen LogP contribution in [0.3, 0.4) is 0 Å². The lowest BCUT2D eigenvalue weighted by molar-refractivity contribution is -0.116. The zero-order valence-corrected chi connectivity index (χ0v) is 13.0. The average Bonchev–Trinajstić information content (AvgIpc) is 3.09. The number of aromatic nitrogens is 3. The summed E-state index contributed by atoms with van der Waals surface area (Å²) in [5.41, 5.74) is 0. The Labute approximate surface area is 127 Å². The highest BCUT2D eigenvalue weighted by Gasteiger charge is 2.10. The van der Waals surface area contributed by atoms with Gasteiger partial charge in [-0.2, -0.15) is 4.98 Å². The zero-order chi connectivity index (χ0) is 15.1. The third kappa shape index (κ3) is 5.24. The van der Waals surface area contributed by atoms with Crippen LogP contribution in [0.1, 0.15) is 31.5 Å². The number of nitrogens with one attached hydrogen (secondary N) is 1. The smallest absolute Gasteiger partial charge is 0.240 e. The molecule has 0 saturated heterocycles. The molecule has 0 aliphatic rings. The molecule has 0 atom stereocenters. The number of aryl methyl sites for hydroxylation is 1. The van der Waals surface area contributed by atoms with Gasteiger partial charge >= 0.3 is 0 Å². The van der Waals surface area contributed by atoms with Crippen molar-refractivity contribution in [3.63, 3.8) is 0 Å². The van der Waals surface area contributed by atoms with Crippen LogP contribution >= 0.6 is 11.3 Å². The Bertz CT molecular complexity index is 555. The van der Waals surface area contributed by atoms with Gasteiger partial charge in [-0.15, -0.1) is 11.3 Å². The molecule has 0 saturated carbocycles. The molecule has 7 nitrogen and oxygen atoms in total. The van der Waals surface area contributed by atoms with Gasteiger partial charge in [0.15, 0.2) is 11.0 Å². The van der Waals surface area contributed by atoms with E-state index in [1.807, 2.05) is 17.3 Å². The van der Waals surface area contributed by atoms with E-state index < -0.39 is 0 Å². The van der Waals surface area contributed by atoms with Crippen molar-refractivity contribution in [1.82, 2.24) is 20.0 Å². The van der Waals surface area contributed by atoms with Crippen LogP contribution in [0.4, 0.5) is 5.13 Å². The molecule has 114 valence electrons. The number of hydrogen-bond donors (Lipinski definition) is 1. The van der Waals surface area contributed by atoms with E-state index in [1.165, 1.54) is 11.3 Å². The number of amides is 1. The summed E-state index contributed by atoms with van der Waals surface area (Å²) in [6, 6.07) is 0. The van der Waals surface area contributed by atoms with Crippen LogP contribution in [0.2, 0.25) is 0 Å². The number of rotatable bonds is 8. The Hall–Kier alpha value is -1.80. The molecular formula is C13H19N5O2S. The van der Waals surface area contributed by atoms with Gasteiger partial charge in [0.1, 0.15) is 0 Å². The quantitative estimate of drug-likeness (QED) is 0.802. The molecule has 0 spiro atoms. The molecule has 2 aromatic rings. The number of carbonyl (C=O) groups excluding carboxylic acids is 1. The van der Waals surface area contributed by atoms with Crippen molar-refractivity contribution in [2.45, 2.75) is 32.7 Å². The number of nitrogens with zero attached hydrogens (tertiary/aromatic N) is 4. The molecule has 0 unspecified atom stereocenters. The monoisotopic (exact) mass is 309 g/mol. The minimum atomic E-state index is -0.0472. The van der Waals surface area contributed by atoms with Gasteiger partial charge in [-0.05, 0) is 13.5 Å². The van der Waals surface area contributed by atoms with Gasteiger partial charge in [-0.3, -0.25) is 9.69 Å². The van der Waals surface area contributed by atoms with Crippen molar-refractivity contribution in [2.75, 3.05) is 18.9 Å². The van der Waals surface area contributed by atoms with E-state index in [1.54, 1.807) is 6.20 Å². The minimum Gasteiger partial charge on any atom is -0.338 e. The highest BCUT2D eigenvalue weighted by molar-refractivity contribution is 7.13. The minimum absolute atomic E-state index is 0.0472. The summed E-state index contributed by atoms with van der Waals surface area (Å²) in [5.74, 6) is 1.28. The molecule has 2 heterocycles. The number of hydrogen-bond acceptors (Lipinski definition) is 7. The fourth-order valence-electron chi connectivity index (χ4n) is 1.75. The Kier molecular flexibility index (Phi) is 5.82. The SMILES string of the molecule is CCCc1noc(CN(C)CCC(=O)Nc2nccs2)n1. The van der Waals surface area contributed by atoms with Gasteiger partial charge in [0.25, 0.3) is 0 Å². The molecule has 0 bridgehead atoms. The average molecular weight is 309 g/mol. The molecule has 1 amide bonds. The van der Waals surface area contributed by atoms with Crippen LogP contribution in [0, 0.1) is 0 Å². The van der Waals surface area contributed by atoms with E-state index in [9.17, 15) is 4.79 Å². The van der Waals surface area contributed by atoms with E-state index >= 15 is 0 Å². The third-order valence-corrected chi connectivity index (χ3v) is 3.48. The fraction of sp³-hybridized carbons (Fsp3) is 0.538. The van der Waals surface area contributed by atoms with Crippen LogP contribution < -0.4 is 5.32 Å². The summed E-state index contributed by atoms with van der Waals surface area (Å²) >= 11 is 1.41. The van der Waals surface area contributed by atoms with Gasteiger partial charge < -0.3 is 9.84 Å². The molecule has 21 heavy (non-hydrogen) atoms. The first-order valence-electron chi connectivity index (χ1n) is 6.86. The summed E-state index contributed by atoms with van der Waals surface area (Å²) < 4.78 is 5.17. The molecule has 1 N–H and O–H groups in total. The van der Waals surface area contributed by atoms with Crippen molar-refractivity contribution in [1.29, 1.82) is 0 Å². The van der Waals surface area contributed by atoms with E-state index in [4.69, 9.17) is 4.52 Å². The summed E-state index contributed by atoms with van der Waals surface area (Å²) in [6.45, 7) is 3.23. The van der Waals surface area contributed by atoms with Gasteiger partial charge in [0.05, 0.1) is 6.54 Å². The lowest BCUT2D eigenvalue weighted by Crippen LogP contribution is -2.24. The van der Waals surface area contributed by atoms with Crippen molar-refractivity contribution in [2.24, 2.45) is 0 Å². The van der Waals surface area contributed by atoms with Gasteiger partial charge in [0.2, 0.25) is 11.8 Å². The molecule has 0 radical (unpaired) electrons. The summed E-state index contributed by atoms with van der Waals surface area (Å²) in [7, 11) is 1.92. The largest absolute Gasteiger partial charge is 0.338 e. The molecule has 0 aliphatic carbocycles. The molecule has 2 aromatic heterocycles. The van der Waals surface area contributed by atoms with Crippen molar-refractivity contribution < 1.29 is 9.32 Å². The second-order valence-electron chi connectivity index (χ2n) is 4.73. The van der Waals surface area contributed by atoms with Crippen LogP contribution in [-0.2, 0) is 17.8 Å². The number of anilines is 1. The molecular weight excluding hydrogens is 290 g/mol. The van der Waals surface area contributed by atoms with Crippen molar-refractivity contribution in [3.05, 3.63) is 23.3 Å². The molecule has 0 aromatic carbocycles. The maximum atomic E-state index is 11.7.